The summed E-state index contributed by atoms with van der Waals surface area (Å²) in [6.07, 6.45) is 1.43. The molecule has 2 N–H and O–H groups in total. The maximum atomic E-state index is 12.7. The summed E-state index contributed by atoms with van der Waals surface area (Å²) in [4.78, 5) is 16.8. The largest absolute Gasteiger partial charge is 0.493 e. The Hall–Kier alpha value is -3.55. The third-order valence-electron chi connectivity index (χ3n) is 4.35. The molecule has 0 bridgehead atoms. The first kappa shape index (κ1) is 19.2. The Bertz CT molecular complexity index is 932. The van der Waals surface area contributed by atoms with Gasteiger partial charge in [0.25, 0.3) is 5.91 Å². The predicted octanol–water partition coefficient (Wildman–Crippen LogP) is 2.99. The van der Waals surface area contributed by atoms with Gasteiger partial charge >= 0.3 is 0 Å². The Kier molecular flexibility index (Phi) is 5.78. The number of amides is 1. The molecule has 0 saturated heterocycles. The van der Waals surface area contributed by atoms with Gasteiger partial charge in [0.2, 0.25) is 5.75 Å². The van der Waals surface area contributed by atoms with Gasteiger partial charge in [-0.05, 0) is 36.8 Å². The van der Waals surface area contributed by atoms with E-state index in [0.717, 1.165) is 11.1 Å². The monoisotopic (exact) mass is 382 g/mol. The lowest BCUT2D eigenvalue weighted by Gasteiger charge is -2.19. The first-order valence-corrected chi connectivity index (χ1v) is 8.64. The van der Waals surface area contributed by atoms with Crippen molar-refractivity contribution in [2.75, 3.05) is 21.3 Å². The van der Waals surface area contributed by atoms with Crippen LogP contribution in [0.2, 0.25) is 0 Å². The molecule has 1 unspecified atom stereocenters. The summed E-state index contributed by atoms with van der Waals surface area (Å²) in [7, 11) is 4.66. The molecular weight excluding hydrogens is 360 g/mol. The number of hydrogen-bond acceptors (Lipinski definition) is 6. The van der Waals surface area contributed by atoms with Crippen LogP contribution in [0.4, 0.5) is 0 Å². The molecule has 1 amide bonds. The van der Waals surface area contributed by atoms with E-state index in [1.807, 2.05) is 25.1 Å². The number of carbonyl (C=O) groups excluding carboxylic acids is 1. The van der Waals surface area contributed by atoms with Gasteiger partial charge in [0, 0.05) is 11.1 Å². The summed E-state index contributed by atoms with van der Waals surface area (Å²) in [6, 6.07) is 10.5. The van der Waals surface area contributed by atoms with E-state index in [1.54, 1.807) is 39.5 Å². The minimum Gasteiger partial charge on any atom is -0.493 e. The maximum absolute atomic E-state index is 12.7. The van der Waals surface area contributed by atoms with Gasteiger partial charge in [-0.1, -0.05) is 12.1 Å². The van der Waals surface area contributed by atoms with Gasteiger partial charge in [0.05, 0.1) is 27.4 Å². The number of aromatic amines is 1. The molecule has 0 radical (unpaired) electrons. The van der Waals surface area contributed by atoms with E-state index < -0.39 is 0 Å². The smallest absolute Gasteiger partial charge is 0.251 e. The molecule has 0 aliphatic carbocycles. The molecule has 146 valence electrons. The lowest BCUT2D eigenvalue weighted by molar-refractivity contribution is 0.0939. The standard InChI is InChI=1S/C20H22N4O4/c1-12(15-9-16(26-2)18(28-4)17(10-15)27-3)23-20(25)14-7-5-6-13(8-14)19-21-11-22-24-19/h5-12H,1-4H3,(H,23,25)(H,21,22,24). The molecule has 0 spiro atoms. The SMILES string of the molecule is COc1cc(C(C)NC(=O)c2cccc(-c3ncn[nH]3)c2)cc(OC)c1OC. The second kappa shape index (κ2) is 8.43. The van der Waals surface area contributed by atoms with Crippen LogP contribution in [0.5, 0.6) is 17.2 Å². The number of aromatic nitrogens is 3. The van der Waals surface area contributed by atoms with E-state index in [9.17, 15) is 4.79 Å². The predicted molar refractivity (Wildman–Crippen MR) is 104 cm³/mol. The number of benzene rings is 2. The van der Waals surface area contributed by atoms with Crippen LogP contribution in [-0.2, 0) is 0 Å². The number of H-pyrrole nitrogens is 1. The molecule has 3 aromatic rings. The Balaban J connectivity index is 1.82. The average Bonchev–Trinajstić information content (AvgIpc) is 3.27. The molecule has 1 atom stereocenters. The highest BCUT2D eigenvalue weighted by atomic mass is 16.5. The molecule has 0 aliphatic heterocycles. The van der Waals surface area contributed by atoms with Crippen LogP contribution >= 0.6 is 0 Å². The van der Waals surface area contributed by atoms with Crippen molar-refractivity contribution in [3.63, 3.8) is 0 Å². The van der Waals surface area contributed by atoms with Crippen LogP contribution in [-0.4, -0.2) is 42.4 Å². The van der Waals surface area contributed by atoms with Crippen molar-refractivity contribution in [1.82, 2.24) is 20.5 Å². The Morgan fingerprint density at radius 1 is 1.07 bits per heavy atom. The summed E-state index contributed by atoms with van der Waals surface area (Å²) < 4.78 is 16.1. The van der Waals surface area contributed by atoms with Gasteiger partial charge in [0.15, 0.2) is 17.3 Å². The number of ether oxygens (including phenoxy) is 3. The highest BCUT2D eigenvalue weighted by molar-refractivity contribution is 5.95. The highest BCUT2D eigenvalue weighted by Gasteiger charge is 2.18. The lowest BCUT2D eigenvalue weighted by Crippen LogP contribution is -2.26. The van der Waals surface area contributed by atoms with Gasteiger partial charge in [-0.2, -0.15) is 5.10 Å². The van der Waals surface area contributed by atoms with E-state index in [0.29, 0.717) is 28.6 Å². The molecule has 8 nitrogen and oxygen atoms in total. The van der Waals surface area contributed by atoms with Crippen LogP contribution in [0, 0.1) is 0 Å². The van der Waals surface area contributed by atoms with Crippen molar-refractivity contribution in [2.24, 2.45) is 0 Å². The first-order valence-electron chi connectivity index (χ1n) is 8.64. The van der Waals surface area contributed by atoms with Gasteiger partial charge in [-0.3, -0.25) is 9.89 Å². The highest BCUT2D eigenvalue weighted by Crippen LogP contribution is 2.39. The molecule has 1 heterocycles. The van der Waals surface area contributed by atoms with Crippen molar-refractivity contribution in [3.8, 4) is 28.6 Å². The number of nitrogens with one attached hydrogen (secondary N) is 2. The van der Waals surface area contributed by atoms with Gasteiger partial charge in [-0.25, -0.2) is 4.98 Å². The van der Waals surface area contributed by atoms with Gasteiger partial charge < -0.3 is 19.5 Å². The normalized spacial score (nSPS) is 11.6. The van der Waals surface area contributed by atoms with Crippen LogP contribution in [0.3, 0.4) is 0 Å². The second-order valence-electron chi connectivity index (χ2n) is 6.07. The minimum absolute atomic E-state index is 0.206. The summed E-state index contributed by atoms with van der Waals surface area (Å²) in [5.74, 6) is 1.97. The number of hydrogen-bond donors (Lipinski definition) is 2. The lowest BCUT2D eigenvalue weighted by atomic mass is 10.1. The molecule has 28 heavy (non-hydrogen) atoms. The summed E-state index contributed by atoms with van der Waals surface area (Å²) in [5.41, 5.74) is 2.13. The molecule has 0 saturated carbocycles. The quantitative estimate of drug-likeness (QED) is 0.652. The topological polar surface area (TPSA) is 98.4 Å². The number of methoxy groups -OCH3 is 3. The molecule has 1 aromatic heterocycles. The maximum Gasteiger partial charge on any atom is 0.251 e. The molecule has 0 fully saturated rings. The molecule has 3 rings (SSSR count). The third kappa shape index (κ3) is 3.90. The van der Waals surface area contributed by atoms with Crippen LogP contribution in [0.25, 0.3) is 11.4 Å². The van der Waals surface area contributed by atoms with Gasteiger partial charge in [0.1, 0.15) is 6.33 Å². The molecule has 8 heteroatoms. The zero-order valence-corrected chi connectivity index (χ0v) is 16.1. The Labute approximate surface area is 162 Å². The van der Waals surface area contributed by atoms with E-state index in [-0.39, 0.29) is 11.9 Å². The average molecular weight is 382 g/mol. The second-order valence-corrected chi connectivity index (χ2v) is 6.07. The van der Waals surface area contributed by atoms with Crippen molar-refractivity contribution >= 4 is 5.91 Å². The van der Waals surface area contributed by atoms with E-state index in [4.69, 9.17) is 14.2 Å². The number of rotatable bonds is 7. The van der Waals surface area contributed by atoms with Gasteiger partial charge in [-0.15, -0.1) is 0 Å². The molecule has 0 aliphatic rings. The van der Waals surface area contributed by atoms with Crippen LogP contribution < -0.4 is 19.5 Å². The zero-order valence-electron chi connectivity index (χ0n) is 16.1. The molecule has 2 aromatic carbocycles. The fourth-order valence-electron chi connectivity index (χ4n) is 2.87. The Morgan fingerprint density at radius 3 is 2.36 bits per heavy atom. The zero-order chi connectivity index (χ0) is 20.1. The fourth-order valence-corrected chi connectivity index (χ4v) is 2.87. The first-order chi connectivity index (χ1) is 13.6. The number of nitrogens with zero attached hydrogens (tertiary/aromatic N) is 2. The summed E-state index contributed by atoms with van der Waals surface area (Å²) >= 11 is 0. The fraction of sp³-hybridized carbons (Fsp3) is 0.250. The summed E-state index contributed by atoms with van der Waals surface area (Å²) in [5, 5.41) is 9.62. The third-order valence-corrected chi connectivity index (χ3v) is 4.35. The van der Waals surface area contributed by atoms with Crippen LogP contribution in [0.15, 0.2) is 42.7 Å². The van der Waals surface area contributed by atoms with E-state index in [2.05, 4.69) is 20.5 Å². The Morgan fingerprint density at radius 2 is 1.79 bits per heavy atom. The molecular formula is C20H22N4O4. The van der Waals surface area contributed by atoms with Crippen molar-refractivity contribution in [1.29, 1.82) is 0 Å². The van der Waals surface area contributed by atoms with E-state index >= 15 is 0 Å². The van der Waals surface area contributed by atoms with Crippen molar-refractivity contribution in [3.05, 3.63) is 53.9 Å². The minimum atomic E-state index is -0.282. The number of carbonyl (C=O) groups is 1. The van der Waals surface area contributed by atoms with E-state index in [1.165, 1.54) is 6.33 Å². The van der Waals surface area contributed by atoms with Crippen LogP contribution in [0.1, 0.15) is 28.9 Å². The summed E-state index contributed by atoms with van der Waals surface area (Å²) in [6.45, 7) is 1.89. The van der Waals surface area contributed by atoms with Crippen molar-refractivity contribution < 1.29 is 19.0 Å². The van der Waals surface area contributed by atoms with Crippen molar-refractivity contribution in [2.45, 2.75) is 13.0 Å².